The quantitative estimate of drug-likeness (QED) is 0.0867. The van der Waals surface area contributed by atoms with E-state index < -0.39 is 29.7 Å². The van der Waals surface area contributed by atoms with Crippen LogP contribution in [0.5, 0.6) is 0 Å². The van der Waals surface area contributed by atoms with Crippen molar-refractivity contribution in [2.24, 2.45) is 22.2 Å². The van der Waals surface area contributed by atoms with Crippen LogP contribution in [0, 0.1) is 0 Å². The van der Waals surface area contributed by atoms with E-state index in [2.05, 4.69) is 25.9 Å². The number of aliphatic imine (C=N–C) groups is 1. The zero-order valence-corrected chi connectivity index (χ0v) is 20.7. The van der Waals surface area contributed by atoms with E-state index in [1.165, 1.54) is 21.6 Å². The molecule has 2 rings (SSSR count). The van der Waals surface area contributed by atoms with Crippen molar-refractivity contribution in [1.29, 1.82) is 0 Å². The Morgan fingerprint density at radius 2 is 1.83 bits per heavy atom. The fourth-order valence-corrected chi connectivity index (χ4v) is 4.51. The summed E-state index contributed by atoms with van der Waals surface area (Å²) in [5, 5.41) is 8.17. The number of guanidine groups is 1. The summed E-state index contributed by atoms with van der Waals surface area (Å²) < 4.78 is 0. The number of carbonyl (C=O) groups excluding carboxylic acids is 4. The van der Waals surface area contributed by atoms with Crippen LogP contribution in [0.15, 0.2) is 40.4 Å². The van der Waals surface area contributed by atoms with E-state index in [4.69, 9.17) is 17.2 Å². The van der Waals surface area contributed by atoms with Crippen molar-refractivity contribution in [3.05, 3.63) is 36.0 Å². The number of carbonyl (C=O) groups is 4. The third-order valence-corrected chi connectivity index (χ3v) is 6.28. The van der Waals surface area contributed by atoms with E-state index in [1.807, 2.05) is 12.3 Å². The van der Waals surface area contributed by atoms with Gasteiger partial charge in [-0.15, -0.1) is 0 Å². The smallest absolute Gasteiger partial charge is 0.251 e. The second-order valence-electron chi connectivity index (χ2n) is 7.23. The predicted octanol–water partition coefficient (Wildman–Crippen LogP) is -0.525. The first-order chi connectivity index (χ1) is 16.7. The third kappa shape index (κ3) is 9.33. The van der Waals surface area contributed by atoms with Gasteiger partial charge in [0.05, 0.1) is 18.6 Å². The van der Waals surface area contributed by atoms with Gasteiger partial charge in [0, 0.05) is 28.6 Å². The Balaban J connectivity index is 1.84. The Labute approximate surface area is 210 Å². The molecule has 9 N–H and O–H groups in total. The highest BCUT2D eigenvalue weighted by atomic mass is 33.1. The van der Waals surface area contributed by atoms with Gasteiger partial charge in [0.15, 0.2) is 5.96 Å². The molecule has 188 valence electrons. The van der Waals surface area contributed by atoms with Gasteiger partial charge in [0.25, 0.3) is 5.91 Å². The molecule has 0 bridgehead atoms. The average Bonchev–Trinajstić information content (AvgIpc) is 2.82. The van der Waals surface area contributed by atoms with E-state index in [0.717, 1.165) is 15.8 Å². The number of nitrogens with one attached hydrogen (secondary N) is 3. The Morgan fingerprint density at radius 3 is 2.51 bits per heavy atom. The summed E-state index contributed by atoms with van der Waals surface area (Å²) in [6.07, 6.45) is 4.27. The lowest BCUT2D eigenvalue weighted by Crippen LogP contribution is -2.49. The number of hydrogen-bond donors (Lipinski definition) is 6. The molecule has 0 aliphatic heterocycles. The highest BCUT2D eigenvalue weighted by molar-refractivity contribution is 8.76. The van der Waals surface area contributed by atoms with Crippen LogP contribution in [-0.4, -0.2) is 66.5 Å². The van der Waals surface area contributed by atoms with Gasteiger partial charge in [-0.1, -0.05) is 27.7 Å². The Hall–Kier alpha value is -3.52. The lowest BCUT2D eigenvalue weighted by molar-refractivity contribution is -0.128. The van der Waals surface area contributed by atoms with Gasteiger partial charge in [-0.2, -0.15) is 0 Å². The van der Waals surface area contributed by atoms with Crippen molar-refractivity contribution in [3.8, 4) is 0 Å². The number of fused-ring (bicyclic) bond motifs is 1. The maximum absolute atomic E-state index is 12.6. The van der Waals surface area contributed by atoms with Gasteiger partial charge in [0.1, 0.15) is 6.04 Å². The van der Waals surface area contributed by atoms with E-state index in [-0.39, 0.29) is 32.0 Å². The minimum atomic E-state index is -0.927. The van der Waals surface area contributed by atoms with Gasteiger partial charge in [-0.25, -0.2) is 0 Å². The van der Waals surface area contributed by atoms with Crippen molar-refractivity contribution in [2.75, 3.05) is 25.9 Å². The first-order valence-electron chi connectivity index (χ1n) is 10.5. The zero-order chi connectivity index (χ0) is 25.8. The molecule has 14 heteroatoms. The molecule has 1 aromatic carbocycles. The molecular formula is C21H28N8O4S2. The van der Waals surface area contributed by atoms with E-state index >= 15 is 0 Å². The molecule has 0 unspecified atom stereocenters. The fraction of sp³-hybridized carbons (Fsp3) is 0.333. The largest absolute Gasteiger partial charge is 0.370 e. The lowest BCUT2D eigenvalue weighted by Gasteiger charge is -2.15. The Morgan fingerprint density at radius 1 is 1.09 bits per heavy atom. The molecule has 0 saturated carbocycles. The number of rotatable bonds is 13. The van der Waals surface area contributed by atoms with Crippen molar-refractivity contribution >= 4 is 62.1 Å². The van der Waals surface area contributed by atoms with Crippen LogP contribution in [0.1, 0.15) is 23.2 Å². The predicted molar refractivity (Wildman–Crippen MR) is 137 cm³/mol. The molecule has 12 nitrogen and oxygen atoms in total. The van der Waals surface area contributed by atoms with Crippen LogP contribution in [0.3, 0.4) is 0 Å². The van der Waals surface area contributed by atoms with Crippen LogP contribution in [0.4, 0.5) is 0 Å². The molecule has 0 spiro atoms. The highest BCUT2D eigenvalue weighted by Gasteiger charge is 2.18. The number of nitrogens with two attached hydrogens (primary N) is 3. The normalized spacial score (nSPS) is 11.3. The summed E-state index contributed by atoms with van der Waals surface area (Å²) in [7, 11) is 3.01. The SMILES string of the molecule is CSSc1cc(C(=O)NCC(=O)NCC(=O)N[C@@H](CCCN=C(N)N)C(N)=O)cc2cccnc12. The second-order valence-corrected chi connectivity index (χ2v) is 9.67. The topological polar surface area (TPSA) is 208 Å². The molecule has 0 radical (unpaired) electrons. The average molecular weight is 521 g/mol. The van der Waals surface area contributed by atoms with Gasteiger partial charge in [-0.05, 0) is 37.3 Å². The van der Waals surface area contributed by atoms with Crippen molar-refractivity contribution < 1.29 is 19.2 Å². The van der Waals surface area contributed by atoms with Gasteiger partial charge < -0.3 is 33.2 Å². The zero-order valence-electron chi connectivity index (χ0n) is 19.1. The van der Waals surface area contributed by atoms with Crippen LogP contribution in [-0.2, 0) is 14.4 Å². The van der Waals surface area contributed by atoms with Crippen molar-refractivity contribution in [1.82, 2.24) is 20.9 Å². The third-order valence-electron chi connectivity index (χ3n) is 4.58. The first-order valence-corrected chi connectivity index (χ1v) is 13.1. The number of benzene rings is 1. The van der Waals surface area contributed by atoms with Gasteiger partial charge >= 0.3 is 0 Å². The molecule has 1 heterocycles. The van der Waals surface area contributed by atoms with Crippen molar-refractivity contribution in [3.63, 3.8) is 0 Å². The minimum absolute atomic E-state index is 0.0728. The Bertz CT molecular complexity index is 1110. The molecule has 0 aliphatic rings. The molecule has 0 aliphatic carbocycles. The number of hydrogen-bond acceptors (Lipinski definition) is 8. The van der Waals surface area contributed by atoms with E-state index in [9.17, 15) is 19.2 Å². The molecule has 1 atom stereocenters. The lowest BCUT2D eigenvalue weighted by atomic mass is 10.1. The molecule has 4 amide bonds. The summed E-state index contributed by atoms with van der Waals surface area (Å²) in [5.74, 6) is -2.40. The molecule has 1 aromatic heterocycles. The van der Waals surface area contributed by atoms with Gasteiger partial charge in [0.2, 0.25) is 17.7 Å². The van der Waals surface area contributed by atoms with E-state index in [1.54, 1.807) is 24.4 Å². The number of primary amides is 1. The number of pyridine rings is 1. The summed E-state index contributed by atoms with van der Waals surface area (Å²) >= 11 is 0. The summed E-state index contributed by atoms with van der Waals surface area (Å²) in [6, 6.07) is 6.13. The number of nitrogens with zero attached hydrogens (tertiary/aromatic N) is 2. The molecule has 2 aromatic rings. The summed E-state index contributed by atoms with van der Waals surface area (Å²) in [6.45, 7) is -0.438. The summed E-state index contributed by atoms with van der Waals surface area (Å²) in [5.41, 5.74) is 16.9. The van der Waals surface area contributed by atoms with Crippen molar-refractivity contribution in [2.45, 2.75) is 23.8 Å². The van der Waals surface area contributed by atoms with Gasteiger partial charge in [-0.3, -0.25) is 29.2 Å². The molecular weight excluding hydrogens is 492 g/mol. The fourth-order valence-electron chi connectivity index (χ4n) is 2.98. The first kappa shape index (κ1) is 27.7. The molecule has 35 heavy (non-hydrogen) atoms. The molecule has 0 saturated heterocycles. The Kier molecular flexibility index (Phi) is 11.1. The van der Waals surface area contributed by atoms with Crippen LogP contribution < -0.4 is 33.2 Å². The number of aromatic nitrogens is 1. The highest BCUT2D eigenvalue weighted by Crippen LogP contribution is 2.34. The summed E-state index contributed by atoms with van der Waals surface area (Å²) in [4.78, 5) is 57.3. The standard InChI is InChI=1S/C21H28N8O4S2/c1-34-35-15-9-13(8-12-4-2-6-25-18(12)15)20(33)28-10-16(30)27-11-17(31)29-14(19(22)32)5-3-7-26-21(23)24/h2,4,6,8-9,14H,3,5,7,10-11H2,1H3,(H2,22,32)(H,27,30)(H,28,33)(H,29,31)(H4,23,24,26)/t14-/m0/s1. The van der Waals surface area contributed by atoms with E-state index in [0.29, 0.717) is 12.0 Å². The maximum Gasteiger partial charge on any atom is 0.251 e. The van der Waals surface area contributed by atoms with Crippen LogP contribution in [0.2, 0.25) is 0 Å². The monoisotopic (exact) mass is 520 g/mol. The second kappa shape index (κ2) is 14.0. The maximum atomic E-state index is 12.6. The number of amides is 4. The minimum Gasteiger partial charge on any atom is -0.370 e. The van der Waals surface area contributed by atoms with Crippen LogP contribution >= 0.6 is 21.6 Å². The molecule has 0 fully saturated rings. The van der Waals surface area contributed by atoms with Crippen LogP contribution in [0.25, 0.3) is 10.9 Å².